The predicted molar refractivity (Wildman–Crippen MR) is 120 cm³/mol. The van der Waals surface area contributed by atoms with Crippen molar-refractivity contribution in [3.8, 4) is 5.69 Å². The number of benzene rings is 2. The van der Waals surface area contributed by atoms with Crippen LogP contribution in [0.25, 0.3) is 16.6 Å². The molecule has 0 unspecified atom stereocenters. The van der Waals surface area contributed by atoms with Gasteiger partial charge in [0.15, 0.2) is 5.16 Å². The molecule has 0 saturated carbocycles. The van der Waals surface area contributed by atoms with E-state index < -0.39 is 5.76 Å². The van der Waals surface area contributed by atoms with E-state index in [4.69, 9.17) is 14.5 Å². The Morgan fingerprint density at radius 2 is 1.87 bits per heavy atom. The van der Waals surface area contributed by atoms with E-state index in [1.165, 1.54) is 11.8 Å². The van der Waals surface area contributed by atoms with Gasteiger partial charge >= 0.3 is 0 Å². The standard InChI is InChI=1S/C22H22F2N2O3S2/c1-28-22(10-12-29-13-11-22)14-30-21-25-18-5-3-2-4-17(18)19(27)26(21)15-6-8-16(9-7-15)31-20(23)24/h2-9,20H,10-14H2,1H3. The first-order chi connectivity index (χ1) is 15.0. The Bertz CT molecular complexity index is 1100. The molecule has 1 aromatic heterocycles. The zero-order chi connectivity index (χ0) is 21.8. The molecular formula is C22H22F2N2O3S2. The highest BCUT2D eigenvalue weighted by molar-refractivity contribution is 7.99. The molecule has 4 rings (SSSR count). The second-order valence-corrected chi connectivity index (χ2v) is 9.22. The number of hydrogen-bond donors (Lipinski definition) is 0. The molecule has 9 heteroatoms. The van der Waals surface area contributed by atoms with Crippen LogP contribution in [0.5, 0.6) is 0 Å². The Morgan fingerprint density at radius 1 is 1.16 bits per heavy atom. The van der Waals surface area contributed by atoms with Gasteiger partial charge < -0.3 is 9.47 Å². The van der Waals surface area contributed by atoms with E-state index in [9.17, 15) is 13.6 Å². The molecule has 0 aliphatic carbocycles. The molecule has 0 radical (unpaired) electrons. The number of nitrogens with zero attached hydrogens (tertiary/aromatic N) is 2. The summed E-state index contributed by atoms with van der Waals surface area (Å²) in [6, 6.07) is 13.7. The fourth-order valence-electron chi connectivity index (χ4n) is 3.56. The number of rotatable bonds is 7. The summed E-state index contributed by atoms with van der Waals surface area (Å²) in [5.41, 5.74) is 0.674. The van der Waals surface area contributed by atoms with E-state index in [2.05, 4.69) is 0 Å². The van der Waals surface area contributed by atoms with Gasteiger partial charge in [0.05, 0.1) is 22.2 Å². The fourth-order valence-corrected chi connectivity index (χ4v) is 5.34. The van der Waals surface area contributed by atoms with Gasteiger partial charge in [-0.2, -0.15) is 8.78 Å². The van der Waals surface area contributed by atoms with Crippen molar-refractivity contribution in [1.29, 1.82) is 0 Å². The van der Waals surface area contributed by atoms with Gasteiger partial charge in [0.1, 0.15) is 0 Å². The largest absolute Gasteiger partial charge is 0.381 e. The van der Waals surface area contributed by atoms with Crippen molar-refractivity contribution in [3.63, 3.8) is 0 Å². The summed E-state index contributed by atoms with van der Waals surface area (Å²) in [5, 5.41) is 1.05. The third-order valence-electron chi connectivity index (χ3n) is 5.37. The average molecular weight is 465 g/mol. The summed E-state index contributed by atoms with van der Waals surface area (Å²) in [5.74, 6) is -1.87. The summed E-state index contributed by atoms with van der Waals surface area (Å²) in [6.07, 6.45) is 1.54. The van der Waals surface area contributed by atoms with Gasteiger partial charge in [-0.25, -0.2) is 4.98 Å². The van der Waals surface area contributed by atoms with E-state index in [1.54, 1.807) is 48.1 Å². The molecule has 0 spiro atoms. The lowest BCUT2D eigenvalue weighted by molar-refractivity contribution is -0.0742. The maximum Gasteiger partial charge on any atom is 0.288 e. The molecule has 0 N–H and O–H groups in total. The molecule has 31 heavy (non-hydrogen) atoms. The minimum absolute atomic E-state index is 0.194. The zero-order valence-electron chi connectivity index (χ0n) is 16.9. The van der Waals surface area contributed by atoms with Gasteiger partial charge in [-0.15, -0.1) is 0 Å². The number of methoxy groups -OCH3 is 1. The van der Waals surface area contributed by atoms with Crippen LogP contribution < -0.4 is 5.56 Å². The highest BCUT2D eigenvalue weighted by Crippen LogP contribution is 2.33. The molecule has 1 aliphatic heterocycles. The van der Waals surface area contributed by atoms with Gasteiger partial charge in [-0.3, -0.25) is 9.36 Å². The first-order valence-corrected chi connectivity index (χ1v) is 11.7. The van der Waals surface area contributed by atoms with Crippen molar-refractivity contribution in [3.05, 3.63) is 58.9 Å². The maximum absolute atomic E-state index is 13.3. The number of fused-ring (bicyclic) bond motifs is 1. The van der Waals surface area contributed by atoms with Crippen molar-refractivity contribution in [2.75, 3.05) is 26.1 Å². The lowest BCUT2D eigenvalue weighted by Crippen LogP contribution is -2.40. The van der Waals surface area contributed by atoms with Gasteiger partial charge in [0.25, 0.3) is 11.3 Å². The van der Waals surface area contributed by atoms with Gasteiger partial charge in [-0.1, -0.05) is 35.7 Å². The minimum atomic E-state index is -2.49. The van der Waals surface area contributed by atoms with Crippen molar-refractivity contribution >= 4 is 34.4 Å². The molecule has 2 aromatic carbocycles. The number of alkyl halides is 2. The van der Waals surface area contributed by atoms with E-state index in [0.717, 1.165) is 12.8 Å². The van der Waals surface area contributed by atoms with Crippen LogP contribution in [0.3, 0.4) is 0 Å². The smallest absolute Gasteiger partial charge is 0.288 e. The summed E-state index contributed by atoms with van der Waals surface area (Å²) >= 11 is 1.94. The van der Waals surface area contributed by atoms with Gasteiger partial charge in [-0.05, 0) is 36.4 Å². The van der Waals surface area contributed by atoms with Crippen LogP contribution in [0.15, 0.2) is 63.4 Å². The second kappa shape index (κ2) is 9.68. The maximum atomic E-state index is 13.3. The summed E-state index contributed by atoms with van der Waals surface area (Å²) in [7, 11) is 1.70. The monoisotopic (exact) mass is 464 g/mol. The number of aromatic nitrogens is 2. The number of thioether (sulfide) groups is 2. The van der Waals surface area contributed by atoms with Crippen molar-refractivity contribution in [2.45, 2.75) is 34.3 Å². The van der Waals surface area contributed by atoms with Crippen LogP contribution in [0, 0.1) is 0 Å². The van der Waals surface area contributed by atoms with Gasteiger partial charge in [0, 0.05) is 43.8 Å². The molecule has 0 amide bonds. The molecular weight excluding hydrogens is 442 g/mol. The Hall–Kier alpha value is -1.94. The first kappa shape index (κ1) is 22.3. The number of hydrogen-bond acceptors (Lipinski definition) is 6. The molecule has 0 atom stereocenters. The molecule has 2 heterocycles. The van der Waals surface area contributed by atoms with E-state index in [0.29, 0.717) is 57.4 Å². The highest BCUT2D eigenvalue weighted by Gasteiger charge is 2.33. The number of halogens is 2. The van der Waals surface area contributed by atoms with Gasteiger partial charge in [0.2, 0.25) is 0 Å². The van der Waals surface area contributed by atoms with Crippen LogP contribution in [0.1, 0.15) is 12.8 Å². The quantitative estimate of drug-likeness (QED) is 0.363. The first-order valence-electron chi connectivity index (χ1n) is 9.84. The Labute approximate surface area is 187 Å². The summed E-state index contributed by atoms with van der Waals surface area (Å²) in [4.78, 5) is 18.5. The topological polar surface area (TPSA) is 53.3 Å². The number of para-hydroxylation sites is 1. The van der Waals surface area contributed by atoms with Crippen LogP contribution in [-0.2, 0) is 9.47 Å². The normalized spacial score (nSPS) is 16.1. The van der Waals surface area contributed by atoms with Crippen molar-refractivity contribution in [2.24, 2.45) is 0 Å². The molecule has 164 valence electrons. The molecule has 1 saturated heterocycles. The number of ether oxygens (including phenoxy) is 2. The Morgan fingerprint density at radius 3 is 2.55 bits per heavy atom. The van der Waals surface area contributed by atoms with Crippen LogP contribution in [-0.4, -0.2) is 47.0 Å². The van der Waals surface area contributed by atoms with Crippen molar-refractivity contribution in [1.82, 2.24) is 9.55 Å². The highest BCUT2D eigenvalue weighted by atomic mass is 32.2. The Kier molecular flexibility index (Phi) is 6.95. The molecule has 5 nitrogen and oxygen atoms in total. The third-order valence-corrected chi connectivity index (χ3v) is 7.29. The molecule has 3 aromatic rings. The third kappa shape index (κ3) is 4.95. The SMILES string of the molecule is COC1(CSc2nc3ccccc3c(=O)n2-c2ccc(SC(F)F)cc2)CCOCC1. The van der Waals surface area contributed by atoms with Crippen LogP contribution in [0.2, 0.25) is 0 Å². The van der Waals surface area contributed by atoms with Crippen LogP contribution in [0.4, 0.5) is 8.78 Å². The second-order valence-electron chi connectivity index (χ2n) is 7.21. The summed E-state index contributed by atoms with van der Waals surface area (Å²) in [6.45, 7) is 1.27. The average Bonchev–Trinajstić information content (AvgIpc) is 2.79. The lowest BCUT2D eigenvalue weighted by Gasteiger charge is -2.35. The minimum Gasteiger partial charge on any atom is -0.381 e. The van der Waals surface area contributed by atoms with E-state index in [1.807, 2.05) is 12.1 Å². The lowest BCUT2D eigenvalue weighted by atomic mass is 9.97. The van der Waals surface area contributed by atoms with E-state index >= 15 is 0 Å². The molecule has 1 fully saturated rings. The summed E-state index contributed by atoms with van der Waals surface area (Å²) < 4.78 is 38.2. The van der Waals surface area contributed by atoms with E-state index in [-0.39, 0.29) is 11.2 Å². The predicted octanol–water partition coefficient (Wildman–Crippen LogP) is 4.99. The van der Waals surface area contributed by atoms with Crippen LogP contribution >= 0.6 is 23.5 Å². The molecule has 0 bridgehead atoms. The molecule has 1 aliphatic rings. The Balaban J connectivity index is 1.74. The fraction of sp³-hybridized carbons (Fsp3) is 0.364. The zero-order valence-corrected chi connectivity index (χ0v) is 18.6. The van der Waals surface area contributed by atoms with Crippen molar-refractivity contribution < 1.29 is 18.3 Å².